The summed E-state index contributed by atoms with van der Waals surface area (Å²) in [5.74, 6) is 3.66. The average Bonchev–Trinajstić information content (AvgIpc) is 2.43. The van der Waals surface area contributed by atoms with Gasteiger partial charge in [-0.1, -0.05) is 6.07 Å². The largest absolute Gasteiger partial charge is 0.416 e. The number of halogens is 3. The summed E-state index contributed by atoms with van der Waals surface area (Å²) in [6.45, 7) is 0.615. The Morgan fingerprint density at radius 2 is 2.00 bits per heavy atom. The SMILES string of the molecule is CCS(=O)(=O)N(CC(=O)NN)c1cccc(C(F)(F)F)c1. The van der Waals surface area contributed by atoms with Crippen LogP contribution in [0, 0.1) is 0 Å². The van der Waals surface area contributed by atoms with Gasteiger partial charge in [0.2, 0.25) is 10.0 Å². The van der Waals surface area contributed by atoms with Crippen LogP contribution in [0.1, 0.15) is 12.5 Å². The van der Waals surface area contributed by atoms with E-state index in [1.807, 2.05) is 0 Å². The number of benzene rings is 1. The molecule has 0 saturated carbocycles. The van der Waals surface area contributed by atoms with Crippen molar-refractivity contribution in [2.24, 2.45) is 5.84 Å². The summed E-state index contributed by atoms with van der Waals surface area (Å²) in [6.07, 6.45) is -4.62. The molecule has 1 aromatic carbocycles. The number of hydrazine groups is 1. The number of hydrogen-bond donors (Lipinski definition) is 2. The van der Waals surface area contributed by atoms with E-state index in [1.165, 1.54) is 13.0 Å². The smallest absolute Gasteiger partial charge is 0.293 e. The molecular formula is C11H14F3N3O3S. The van der Waals surface area contributed by atoms with Gasteiger partial charge in [0.1, 0.15) is 6.54 Å². The lowest BCUT2D eigenvalue weighted by molar-refractivity contribution is -0.137. The minimum atomic E-state index is -4.62. The second kappa shape index (κ2) is 6.31. The number of nitrogens with two attached hydrogens (primary N) is 1. The van der Waals surface area contributed by atoms with E-state index in [-0.39, 0.29) is 11.4 Å². The molecule has 118 valence electrons. The van der Waals surface area contributed by atoms with E-state index in [0.29, 0.717) is 10.4 Å². The van der Waals surface area contributed by atoms with Crippen LogP contribution in [0.2, 0.25) is 0 Å². The lowest BCUT2D eigenvalue weighted by Crippen LogP contribution is -2.43. The van der Waals surface area contributed by atoms with Crippen molar-refractivity contribution in [2.45, 2.75) is 13.1 Å². The predicted octanol–water partition coefficient (Wildman–Crippen LogP) is 0.851. The van der Waals surface area contributed by atoms with Crippen molar-refractivity contribution in [2.75, 3.05) is 16.6 Å². The van der Waals surface area contributed by atoms with Gasteiger partial charge < -0.3 is 0 Å². The highest BCUT2D eigenvalue weighted by molar-refractivity contribution is 7.92. The van der Waals surface area contributed by atoms with Crippen molar-refractivity contribution in [3.8, 4) is 0 Å². The second-order valence-corrected chi connectivity index (χ2v) is 6.20. The standard InChI is InChI=1S/C11H14F3N3O3S/c1-2-21(19,20)17(7-10(18)16-15)9-5-3-4-8(6-9)11(12,13)14/h3-6H,2,7,15H2,1H3,(H,16,18). The lowest BCUT2D eigenvalue weighted by atomic mass is 10.2. The maximum absolute atomic E-state index is 12.7. The molecule has 0 bridgehead atoms. The third-order valence-corrected chi connectivity index (χ3v) is 4.35. The Labute approximate surface area is 119 Å². The summed E-state index contributed by atoms with van der Waals surface area (Å²) in [5.41, 5.74) is 0.475. The summed E-state index contributed by atoms with van der Waals surface area (Å²) >= 11 is 0. The Bertz CT molecular complexity index is 617. The van der Waals surface area contributed by atoms with Crippen molar-refractivity contribution in [1.82, 2.24) is 5.43 Å². The summed E-state index contributed by atoms with van der Waals surface area (Å²) in [6, 6.07) is 3.71. The fourth-order valence-corrected chi connectivity index (χ4v) is 2.58. The van der Waals surface area contributed by atoms with E-state index < -0.39 is 34.2 Å². The Morgan fingerprint density at radius 1 is 1.38 bits per heavy atom. The highest BCUT2D eigenvalue weighted by atomic mass is 32.2. The lowest BCUT2D eigenvalue weighted by Gasteiger charge is -2.23. The third kappa shape index (κ3) is 4.33. The van der Waals surface area contributed by atoms with Gasteiger partial charge in [-0.05, 0) is 25.1 Å². The molecule has 0 heterocycles. The van der Waals surface area contributed by atoms with Crippen LogP contribution >= 0.6 is 0 Å². The Balaban J connectivity index is 3.30. The van der Waals surface area contributed by atoms with Crippen molar-refractivity contribution < 1.29 is 26.4 Å². The second-order valence-electron chi connectivity index (χ2n) is 4.02. The molecule has 0 aliphatic carbocycles. The fourth-order valence-electron chi connectivity index (χ4n) is 1.52. The zero-order chi connectivity index (χ0) is 16.3. The summed E-state index contributed by atoms with van der Waals surface area (Å²) < 4.78 is 62.5. The van der Waals surface area contributed by atoms with Crippen molar-refractivity contribution in [3.05, 3.63) is 29.8 Å². The van der Waals surface area contributed by atoms with Gasteiger partial charge in [-0.15, -0.1) is 0 Å². The number of carbonyl (C=O) groups is 1. The first-order valence-electron chi connectivity index (χ1n) is 5.79. The van der Waals surface area contributed by atoms with E-state index >= 15 is 0 Å². The normalized spacial score (nSPS) is 12.0. The average molecular weight is 325 g/mol. The predicted molar refractivity (Wildman–Crippen MR) is 70.6 cm³/mol. The monoisotopic (exact) mass is 325 g/mol. The van der Waals surface area contributed by atoms with Crippen LogP contribution in [0.25, 0.3) is 0 Å². The van der Waals surface area contributed by atoms with Crippen LogP contribution in [0.15, 0.2) is 24.3 Å². The van der Waals surface area contributed by atoms with Crippen molar-refractivity contribution in [3.63, 3.8) is 0 Å². The molecule has 0 radical (unpaired) electrons. The van der Waals surface area contributed by atoms with Gasteiger partial charge in [-0.3, -0.25) is 14.5 Å². The number of sulfonamides is 1. The molecule has 1 aromatic rings. The first-order chi connectivity index (χ1) is 9.61. The number of nitrogens with zero attached hydrogens (tertiary/aromatic N) is 1. The van der Waals surface area contributed by atoms with E-state index in [9.17, 15) is 26.4 Å². The van der Waals surface area contributed by atoms with Crippen LogP contribution in [0.3, 0.4) is 0 Å². The first kappa shape index (κ1) is 17.2. The van der Waals surface area contributed by atoms with Gasteiger partial charge >= 0.3 is 6.18 Å². The highest BCUT2D eigenvalue weighted by Crippen LogP contribution is 2.32. The van der Waals surface area contributed by atoms with Crippen LogP contribution in [0.5, 0.6) is 0 Å². The molecule has 6 nitrogen and oxygen atoms in total. The number of anilines is 1. The summed E-state index contributed by atoms with van der Waals surface area (Å²) in [7, 11) is -3.93. The van der Waals surface area contributed by atoms with Crippen molar-refractivity contribution >= 4 is 21.6 Å². The number of carbonyl (C=O) groups excluding carboxylic acids is 1. The molecule has 0 aromatic heterocycles. The maximum atomic E-state index is 12.7. The third-order valence-electron chi connectivity index (χ3n) is 2.61. The van der Waals surface area contributed by atoms with E-state index in [0.717, 1.165) is 12.1 Å². The Morgan fingerprint density at radius 3 is 2.48 bits per heavy atom. The van der Waals surface area contributed by atoms with Gasteiger partial charge in [0.25, 0.3) is 5.91 Å². The molecule has 3 N–H and O–H groups in total. The number of amides is 1. The van der Waals surface area contributed by atoms with Crippen LogP contribution in [-0.4, -0.2) is 26.6 Å². The summed E-state index contributed by atoms with van der Waals surface area (Å²) in [5, 5.41) is 0. The molecular weight excluding hydrogens is 311 g/mol. The number of hydrogen-bond acceptors (Lipinski definition) is 4. The Kier molecular flexibility index (Phi) is 5.18. The minimum absolute atomic E-state index is 0.254. The number of rotatable bonds is 5. The molecule has 0 aliphatic heterocycles. The molecule has 0 fully saturated rings. The van der Waals surface area contributed by atoms with Gasteiger partial charge in [0.05, 0.1) is 17.0 Å². The number of nitrogens with one attached hydrogen (secondary N) is 1. The van der Waals surface area contributed by atoms with Crippen LogP contribution in [-0.2, 0) is 21.0 Å². The molecule has 10 heteroatoms. The zero-order valence-corrected chi connectivity index (χ0v) is 11.8. The quantitative estimate of drug-likeness (QED) is 0.477. The van der Waals surface area contributed by atoms with Crippen LogP contribution in [0.4, 0.5) is 18.9 Å². The minimum Gasteiger partial charge on any atom is -0.293 e. The zero-order valence-electron chi connectivity index (χ0n) is 11.0. The van der Waals surface area contributed by atoms with Gasteiger partial charge in [0, 0.05) is 0 Å². The highest BCUT2D eigenvalue weighted by Gasteiger charge is 2.32. The van der Waals surface area contributed by atoms with Gasteiger partial charge in [-0.2, -0.15) is 13.2 Å². The molecule has 0 unspecified atom stereocenters. The topological polar surface area (TPSA) is 92.5 Å². The van der Waals surface area contributed by atoms with E-state index in [1.54, 1.807) is 5.43 Å². The van der Waals surface area contributed by atoms with Gasteiger partial charge in [0.15, 0.2) is 0 Å². The van der Waals surface area contributed by atoms with E-state index in [4.69, 9.17) is 5.84 Å². The number of alkyl halides is 3. The maximum Gasteiger partial charge on any atom is 0.416 e. The van der Waals surface area contributed by atoms with E-state index in [2.05, 4.69) is 0 Å². The molecule has 1 rings (SSSR count). The first-order valence-corrected chi connectivity index (χ1v) is 7.40. The fraction of sp³-hybridized carbons (Fsp3) is 0.364. The Hall–Kier alpha value is -1.81. The molecule has 0 spiro atoms. The summed E-state index contributed by atoms with van der Waals surface area (Å²) in [4.78, 5) is 11.3. The molecule has 0 atom stereocenters. The van der Waals surface area contributed by atoms with Gasteiger partial charge in [-0.25, -0.2) is 14.3 Å². The molecule has 0 aliphatic rings. The van der Waals surface area contributed by atoms with Crippen molar-refractivity contribution in [1.29, 1.82) is 0 Å². The molecule has 1 amide bonds. The molecule has 0 saturated heterocycles. The molecule has 21 heavy (non-hydrogen) atoms. The van der Waals surface area contributed by atoms with Crippen LogP contribution < -0.4 is 15.6 Å².